The summed E-state index contributed by atoms with van der Waals surface area (Å²) in [6, 6.07) is 11.3. The van der Waals surface area contributed by atoms with Crippen LogP contribution in [0.15, 0.2) is 45.5 Å². The number of halogens is 2. The number of anilines is 1. The highest BCUT2D eigenvalue weighted by Gasteiger charge is 2.23. The molecule has 0 spiro atoms. The van der Waals surface area contributed by atoms with Gasteiger partial charge in [-0.1, -0.05) is 23.5 Å². The van der Waals surface area contributed by atoms with Crippen LogP contribution in [0.2, 0.25) is 0 Å². The Kier molecular flexibility index (Phi) is 6.40. The maximum Gasteiger partial charge on any atom is 0.295 e. The van der Waals surface area contributed by atoms with Crippen LogP contribution in [0.5, 0.6) is 0 Å². The van der Waals surface area contributed by atoms with Crippen molar-refractivity contribution in [1.29, 1.82) is 0 Å². The Balaban J connectivity index is 0.00000208. The molecule has 0 radical (unpaired) electrons. The van der Waals surface area contributed by atoms with E-state index < -0.39 is 0 Å². The molecule has 3 aromatic rings. The molecule has 2 heterocycles. The number of likely N-dealkylation sites (N-methyl/N-ethyl adjacent to an activating group) is 1. The van der Waals surface area contributed by atoms with Gasteiger partial charge in [-0.3, -0.25) is 9.69 Å². The molecular formula is C16H17BrClN3O2S. The molecule has 3 rings (SSSR count). The summed E-state index contributed by atoms with van der Waals surface area (Å²) < 4.78 is 7.02. The summed E-state index contributed by atoms with van der Waals surface area (Å²) in [5.41, 5.74) is 0.899. The number of benzene rings is 1. The van der Waals surface area contributed by atoms with Gasteiger partial charge in [0.15, 0.2) is 15.6 Å². The SMILES string of the molecule is CN(C)CCN(C(=O)c1ccc(Br)o1)c1nc2ccccc2s1.Cl. The quantitative estimate of drug-likeness (QED) is 0.606. The second-order valence-corrected chi connectivity index (χ2v) is 7.12. The van der Waals surface area contributed by atoms with Crippen LogP contribution >= 0.6 is 39.7 Å². The molecule has 0 unspecified atom stereocenters. The Labute approximate surface area is 158 Å². The smallest absolute Gasteiger partial charge is 0.295 e. The van der Waals surface area contributed by atoms with Crippen molar-refractivity contribution >= 4 is 60.9 Å². The van der Waals surface area contributed by atoms with Crippen molar-refractivity contribution < 1.29 is 9.21 Å². The second-order valence-electron chi connectivity index (χ2n) is 5.33. The highest BCUT2D eigenvalue weighted by molar-refractivity contribution is 9.10. The van der Waals surface area contributed by atoms with Gasteiger partial charge in [0.1, 0.15) is 0 Å². The lowest BCUT2D eigenvalue weighted by Gasteiger charge is -2.20. The van der Waals surface area contributed by atoms with Crippen LogP contribution < -0.4 is 4.90 Å². The van der Waals surface area contributed by atoms with Crippen LogP contribution in [0, 0.1) is 0 Å². The number of para-hydroxylation sites is 1. The zero-order chi connectivity index (χ0) is 16.4. The fourth-order valence-electron chi connectivity index (χ4n) is 2.12. The van der Waals surface area contributed by atoms with Crippen LogP contribution in [-0.2, 0) is 0 Å². The molecule has 1 aromatic carbocycles. The standard InChI is InChI=1S/C16H16BrN3O2S.ClH/c1-19(2)9-10-20(15(21)12-7-8-14(17)22-12)16-18-11-5-3-4-6-13(11)23-16;/h3-8H,9-10H2,1-2H3;1H. The molecule has 0 saturated heterocycles. The van der Waals surface area contributed by atoms with Crippen molar-refractivity contribution in [2.24, 2.45) is 0 Å². The number of hydrogen-bond acceptors (Lipinski definition) is 5. The van der Waals surface area contributed by atoms with E-state index in [0.29, 0.717) is 22.1 Å². The third-order valence-corrected chi connectivity index (χ3v) is 4.80. The van der Waals surface area contributed by atoms with Gasteiger partial charge in [-0.05, 0) is 54.3 Å². The first-order valence-corrected chi connectivity index (χ1v) is 8.73. The number of furan rings is 1. The predicted octanol–water partition coefficient (Wildman–Crippen LogP) is 4.28. The summed E-state index contributed by atoms with van der Waals surface area (Å²) in [6.07, 6.45) is 0. The third kappa shape index (κ3) is 4.16. The molecular weight excluding hydrogens is 414 g/mol. The highest BCUT2D eigenvalue weighted by Crippen LogP contribution is 2.30. The molecule has 8 heteroatoms. The van der Waals surface area contributed by atoms with Crippen LogP contribution in [0.4, 0.5) is 5.13 Å². The molecule has 0 atom stereocenters. The molecule has 5 nitrogen and oxygen atoms in total. The first kappa shape index (κ1) is 18.9. The minimum absolute atomic E-state index is 0. The number of amides is 1. The van der Waals surface area contributed by atoms with Crippen LogP contribution in [0.25, 0.3) is 10.2 Å². The Morgan fingerprint density at radius 2 is 1.96 bits per heavy atom. The van der Waals surface area contributed by atoms with E-state index in [1.165, 1.54) is 11.3 Å². The summed E-state index contributed by atoms with van der Waals surface area (Å²) in [4.78, 5) is 21.1. The van der Waals surface area contributed by atoms with Gasteiger partial charge < -0.3 is 9.32 Å². The number of fused-ring (bicyclic) bond motifs is 1. The molecule has 0 aliphatic rings. The van der Waals surface area contributed by atoms with Crippen molar-refractivity contribution in [2.75, 3.05) is 32.1 Å². The fourth-order valence-corrected chi connectivity index (χ4v) is 3.42. The van der Waals surface area contributed by atoms with Gasteiger partial charge in [0.05, 0.1) is 10.2 Å². The van der Waals surface area contributed by atoms with Crippen LogP contribution in [0.1, 0.15) is 10.6 Å². The van der Waals surface area contributed by atoms with E-state index in [4.69, 9.17) is 4.42 Å². The van der Waals surface area contributed by atoms with E-state index >= 15 is 0 Å². The number of hydrogen-bond donors (Lipinski definition) is 0. The van der Waals surface area contributed by atoms with Gasteiger partial charge in [0.25, 0.3) is 5.91 Å². The van der Waals surface area contributed by atoms with Gasteiger partial charge >= 0.3 is 0 Å². The average molecular weight is 431 g/mol. The minimum Gasteiger partial charge on any atom is -0.444 e. The van der Waals surface area contributed by atoms with E-state index in [1.54, 1.807) is 17.0 Å². The van der Waals surface area contributed by atoms with Crippen molar-refractivity contribution in [3.8, 4) is 0 Å². The Morgan fingerprint density at radius 3 is 2.58 bits per heavy atom. The number of aromatic nitrogens is 1. The zero-order valence-electron chi connectivity index (χ0n) is 13.2. The number of nitrogens with zero attached hydrogens (tertiary/aromatic N) is 3. The van der Waals surface area contributed by atoms with Gasteiger partial charge in [-0.25, -0.2) is 4.98 Å². The highest BCUT2D eigenvalue weighted by atomic mass is 79.9. The minimum atomic E-state index is -0.184. The summed E-state index contributed by atoms with van der Waals surface area (Å²) in [5, 5.41) is 0.686. The van der Waals surface area contributed by atoms with Crippen LogP contribution in [0.3, 0.4) is 0 Å². The van der Waals surface area contributed by atoms with Gasteiger partial charge in [0.2, 0.25) is 0 Å². The molecule has 24 heavy (non-hydrogen) atoms. The largest absolute Gasteiger partial charge is 0.444 e. The molecule has 128 valence electrons. The lowest BCUT2D eigenvalue weighted by atomic mass is 10.3. The molecule has 0 aliphatic heterocycles. The fraction of sp³-hybridized carbons (Fsp3) is 0.250. The predicted molar refractivity (Wildman–Crippen MR) is 104 cm³/mol. The second kappa shape index (κ2) is 8.11. The maximum atomic E-state index is 12.8. The Bertz CT molecular complexity index is 800. The van der Waals surface area contributed by atoms with Gasteiger partial charge in [-0.2, -0.15) is 0 Å². The van der Waals surface area contributed by atoms with E-state index in [0.717, 1.165) is 16.8 Å². The first-order valence-electron chi connectivity index (χ1n) is 7.12. The average Bonchev–Trinajstić information content (AvgIpc) is 3.12. The van der Waals surface area contributed by atoms with Crippen molar-refractivity contribution in [3.05, 3.63) is 46.8 Å². The Morgan fingerprint density at radius 1 is 1.21 bits per heavy atom. The monoisotopic (exact) mass is 429 g/mol. The first-order chi connectivity index (χ1) is 11.0. The van der Waals surface area contributed by atoms with Gasteiger partial charge in [0, 0.05) is 13.1 Å². The van der Waals surface area contributed by atoms with Crippen molar-refractivity contribution in [1.82, 2.24) is 9.88 Å². The summed E-state index contributed by atoms with van der Waals surface area (Å²) >= 11 is 4.75. The number of carbonyl (C=O) groups excluding carboxylic acids is 1. The normalized spacial score (nSPS) is 10.8. The van der Waals surface area contributed by atoms with Crippen molar-refractivity contribution in [2.45, 2.75) is 0 Å². The lowest BCUT2D eigenvalue weighted by molar-refractivity contribution is 0.0957. The van der Waals surface area contributed by atoms with E-state index in [9.17, 15) is 4.79 Å². The Hall–Kier alpha value is -1.41. The maximum absolute atomic E-state index is 12.8. The third-order valence-electron chi connectivity index (χ3n) is 3.31. The summed E-state index contributed by atoms with van der Waals surface area (Å²) in [5.74, 6) is 0.117. The zero-order valence-corrected chi connectivity index (χ0v) is 16.4. The van der Waals surface area contributed by atoms with E-state index in [-0.39, 0.29) is 18.3 Å². The molecule has 0 saturated carbocycles. The number of carbonyl (C=O) groups is 1. The molecule has 1 amide bonds. The van der Waals surface area contributed by atoms with Crippen molar-refractivity contribution in [3.63, 3.8) is 0 Å². The molecule has 0 N–H and O–H groups in total. The lowest BCUT2D eigenvalue weighted by Crippen LogP contribution is -2.36. The molecule has 0 aliphatic carbocycles. The molecule has 0 bridgehead atoms. The molecule has 0 fully saturated rings. The van der Waals surface area contributed by atoms with E-state index in [2.05, 4.69) is 20.9 Å². The summed E-state index contributed by atoms with van der Waals surface area (Å²) in [7, 11) is 3.95. The van der Waals surface area contributed by atoms with Crippen LogP contribution in [-0.4, -0.2) is 43.0 Å². The summed E-state index contributed by atoms with van der Waals surface area (Å²) in [6.45, 7) is 1.29. The topological polar surface area (TPSA) is 49.6 Å². The number of rotatable bonds is 5. The molecule has 2 aromatic heterocycles. The van der Waals surface area contributed by atoms with E-state index in [1.807, 2.05) is 43.3 Å². The van der Waals surface area contributed by atoms with Gasteiger partial charge in [-0.15, -0.1) is 12.4 Å². The number of thiazole rings is 1.